The molecule has 6 heteroatoms. The Kier molecular flexibility index (Phi) is 5.59. The summed E-state index contributed by atoms with van der Waals surface area (Å²) < 4.78 is 5.16. The first-order chi connectivity index (χ1) is 12.5. The van der Waals surface area contributed by atoms with Crippen LogP contribution in [0, 0.1) is 19.8 Å². The smallest absolute Gasteiger partial charge is 0.311 e. The highest BCUT2D eigenvalue weighted by molar-refractivity contribution is 5.94. The van der Waals surface area contributed by atoms with E-state index in [1.54, 1.807) is 0 Å². The van der Waals surface area contributed by atoms with Crippen LogP contribution >= 0.6 is 0 Å². The van der Waals surface area contributed by atoms with Gasteiger partial charge in [-0.15, -0.1) is 0 Å². The SMILES string of the molecule is Cc1cccc(NC(=O)COC(=O)[C@@H]2CC(=O)N(C3CCCC3)C2)c1C. The Morgan fingerprint density at radius 2 is 1.96 bits per heavy atom. The fraction of sp³-hybridized carbons (Fsp3) is 0.550. The standard InChI is InChI=1S/C20H26N2O4/c1-13-6-5-9-17(14(13)2)21-18(23)12-26-20(25)15-10-19(24)22(11-15)16-7-3-4-8-16/h5-6,9,15-16H,3-4,7-8,10-12H2,1-2H3,(H,21,23)/t15-/m1/s1. The zero-order chi connectivity index (χ0) is 18.7. The fourth-order valence-corrected chi connectivity index (χ4v) is 3.79. The molecule has 0 unspecified atom stereocenters. The van der Waals surface area contributed by atoms with E-state index in [1.165, 1.54) is 0 Å². The molecule has 2 amide bonds. The molecule has 1 saturated heterocycles. The number of carbonyl (C=O) groups is 3. The molecule has 1 atom stereocenters. The number of nitrogens with zero attached hydrogens (tertiary/aromatic N) is 1. The van der Waals surface area contributed by atoms with E-state index in [4.69, 9.17) is 4.74 Å². The molecule has 0 aromatic heterocycles. The summed E-state index contributed by atoms with van der Waals surface area (Å²) in [6, 6.07) is 5.93. The number of amides is 2. The Morgan fingerprint density at radius 3 is 2.69 bits per heavy atom. The average Bonchev–Trinajstić information content (AvgIpc) is 3.26. The first kappa shape index (κ1) is 18.4. The quantitative estimate of drug-likeness (QED) is 0.821. The van der Waals surface area contributed by atoms with Crippen LogP contribution in [0.5, 0.6) is 0 Å². The molecule has 2 fully saturated rings. The van der Waals surface area contributed by atoms with E-state index >= 15 is 0 Å². The molecule has 140 valence electrons. The van der Waals surface area contributed by atoms with E-state index in [2.05, 4.69) is 5.32 Å². The molecule has 26 heavy (non-hydrogen) atoms. The van der Waals surface area contributed by atoms with Crippen LogP contribution < -0.4 is 5.32 Å². The number of esters is 1. The molecule has 1 aromatic carbocycles. The van der Waals surface area contributed by atoms with E-state index in [0.29, 0.717) is 6.54 Å². The van der Waals surface area contributed by atoms with Crippen molar-refractivity contribution in [2.45, 2.75) is 52.0 Å². The first-order valence-electron chi connectivity index (χ1n) is 9.28. The number of carbonyl (C=O) groups excluding carboxylic acids is 3. The van der Waals surface area contributed by atoms with Gasteiger partial charge in [-0.3, -0.25) is 14.4 Å². The third-order valence-corrected chi connectivity index (χ3v) is 5.48. The van der Waals surface area contributed by atoms with Crippen molar-refractivity contribution in [1.29, 1.82) is 0 Å². The Bertz CT molecular complexity index is 710. The van der Waals surface area contributed by atoms with Gasteiger partial charge < -0.3 is 15.0 Å². The monoisotopic (exact) mass is 358 g/mol. The van der Waals surface area contributed by atoms with Crippen molar-refractivity contribution in [1.82, 2.24) is 4.90 Å². The summed E-state index contributed by atoms with van der Waals surface area (Å²) in [7, 11) is 0. The largest absolute Gasteiger partial charge is 0.455 e. The van der Waals surface area contributed by atoms with Gasteiger partial charge in [-0.05, 0) is 43.9 Å². The van der Waals surface area contributed by atoms with E-state index in [0.717, 1.165) is 42.5 Å². The van der Waals surface area contributed by atoms with Gasteiger partial charge in [-0.2, -0.15) is 0 Å². The van der Waals surface area contributed by atoms with E-state index in [9.17, 15) is 14.4 Å². The van der Waals surface area contributed by atoms with Gasteiger partial charge in [-0.1, -0.05) is 25.0 Å². The van der Waals surface area contributed by atoms with Crippen LogP contribution in [0.1, 0.15) is 43.2 Å². The molecule has 1 N–H and O–H groups in total. The number of benzene rings is 1. The second kappa shape index (κ2) is 7.89. The summed E-state index contributed by atoms with van der Waals surface area (Å²) in [6.07, 6.45) is 4.51. The van der Waals surface area contributed by atoms with Gasteiger partial charge >= 0.3 is 5.97 Å². The highest BCUT2D eigenvalue weighted by Gasteiger charge is 2.39. The number of rotatable bonds is 5. The number of nitrogens with one attached hydrogen (secondary N) is 1. The molecule has 1 aliphatic carbocycles. The molecule has 6 nitrogen and oxygen atoms in total. The third kappa shape index (κ3) is 4.06. The van der Waals surface area contributed by atoms with E-state index in [1.807, 2.05) is 36.9 Å². The number of aryl methyl sites for hydroxylation is 1. The molecule has 3 rings (SSSR count). The zero-order valence-electron chi connectivity index (χ0n) is 15.4. The van der Waals surface area contributed by atoms with E-state index < -0.39 is 11.9 Å². The lowest BCUT2D eigenvalue weighted by molar-refractivity contribution is -0.151. The second-order valence-corrected chi connectivity index (χ2v) is 7.29. The van der Waals surface area contributed by atoms with Gasteiger partial charge in [0.25, 0.3) is 5.91 Å². The van der Waals surface area contributed by atoms with Gasteiger partial charge in [0, 0.05) is 24.7 Å². The maximum atomic E-state index is 12.2. The van der Waals surface area contributed by atoms with Crippen molar-refractivity contribution < 1.29 is 19.1 Å². The first-order valence-corrected chi connectivity index (χ1v) is 9.28. The van der Waals surface area contributed by atoms with Gasteiger partial charge in [0.2, 0.25) is 5.91 Å². The van der Waals surface area contributed by atoms with Crippen molar-refractivity contribution in [2.24, 2.45) is 5.92 Å². The molecule has 1 saturated carbocycles. The summed E-state index contributed by atoms with van der Waals surface area (Å²) in [4.78, 5) is 38.3. The minimum absolute atomic E-state index is 0.0266. The summed E-state index contributed by atoms with van der Waals surface area (Å²) in [5.41, 5.74) is 2.78. The van der Waals surface area contributed by atoms with Crippen molar-refractivity contribution in [3.05, 3.63) is 29.3 Å². The molecule has 0 bridgehead atoms. The molecular weight excluding hydrogens is 332 g/mol. The lowest BCUT2D eigenvalue weighted by Crippen LogP contribution is -2.35. The third-order valence-electron chi connectivity index (χ3n) is 5.48. The van der Waals surface area contributed by atoms with Gasteiger partial charge in [0.15, 0.2) is 6.61 Å². The lowest BCUT2D eigenvalue weighted by atomic mass is 10.1. The molecule has 0 spiro atoms. The number of hydrogen-bond donors (Lipinski definition) is 1. The average molecular weight is 358 g/mol. The topological polar surface area (TPSA) is 75.7 Å². The summed E-state index contributed by atoms with van der Waals surface area (Å²) in [5, 5.41) is 2.77. The minimum atomic E-state index is -0.463. The van der Waals surface area contributed by atoms with Crippen molar-refractivity contribution in [2.75, 3.05) is 18.5 Å². The predicted octanol–water partition coefficient (Wildman–Crippen LogP) is 2.58. The second-order valence-electron chi connectivity index (χ2n) is 7.29. The zero-order valence-corrected chi connectivity index (χ0v) is 15.4. The van der Waals surface area contributed by atoms with Crippen molar-refractivity contribution in [3.63, 3.8) is 0 Å². The highest BCUT2D eigenvalue weighted by Crippen LogP contribution is 2.29. The number of anilines is 1. The Hall–Kier alpha value is -2.37. The van der Waals surface area contributed by atoms with Crippen LogP contribution in [0.4, 0.5) is 5.69 Å². The molecule has 1 aromatic rings. The Balaban J connectivity index is 1.48. The maximum absolute atomic E-state index is 12.2. The molecule has 1 aliphatic heterocycles. The highest BCUT2D eigenvalue weighted by atomic mass is 16.5. The van der Waals surface area contributed by atoms with Crippen molar-refractivity contribution in [3.8, 4) is 0 Å². The lowest BCUT2D eigenvalue weighted by Gasteiger charge is -2.23. The molecular formula is C20H26N2O4. The minimum Gasteiger partial charge on any atom is -0.455 e. The normalized spacial score (nSPS) is 20.5. The molecule has 1 heterocycles. The van der Waals surface area contributed by atoms with Gasteiger partial charge in [0.1, 0.15) is 0 Å². The maximum Gasteiger partial charge on any atom is 0.311 e. The summed E-state index contributed by atoms with van der Waals surface area (Å²) >= 11 is 0. The number of hydrogen-bond acceptors (Lipinski definition) is 4. The van der Waals surface area contributed by atoms with Crippen molar-refractivity contribution >= 4 is 23.5 Å². The number of likely N-dealkylation sites (tertiary alicyclic amines) is 1. The predicted molar refractivity (Wildman–Crippen MR) is 97.6 cm³/mol. The number of ether oxygens (including phenoxy) is 1. The Morgan fingerprint density at radius 1 is 1.23 bits per heavy atom. The van der Waals surface area contributed by atoms with Crippen LogP contribution in [0.3, 0.4) is 0 Å². The molecule has 2 aliphatic rings. The van der Waals surface area contributed by atoms with E-state index in [-0.39, 0.29) is 30.9 Å². The van der Waals surface area contributed by atoms with Crippen LogP contribution in [0.25, 0.3) is 0 Å². The fourth-order valence-electron chi connectivity index (χ4n) is 3.79. The van der Waals surface area contributed by atoms with Crippen LogP contribution in [-0.2, 0) is 19.1 Å². The van der Waals surface area contributed by atoms with Gasteiger partial charge in [0.05, 0.1) is 5.92 Å². The van der Waals surface area contributed by atoms with Crippen LogP contribution in [-0.4, -0.2) is 41.9 Å². The van der Waals surface area contributed by atoms with Crippen LogP contribution in [0.2, 0.25) is 0 Å². The summed E-state index contributed by atoms with van der Waals surface area (Å²) in [5.74, 6) is -1.27. The molecule has 0 radical (unpaired) electrons. The van der Waals surface area contributed by atoms with Crippen LogP contribution in [0.15, 0.2) is 18.2 Å². The Labute approximate surface area is 153 Å². The van der Waals surface area contributed by atoms with Gasteiger partial charge in [-0.25, -0.2) is 0 Å². The summed E-state index contributed by atoms with van der Waals surface area (Å²) in [6.45, 7) is 3.98.